The Morgan fingerprint density at radius 1 is 1.35 bits per heavy atom. The Hall–Kier alpha value is -2.01. The summed E-state index contributed by atoms with van der Waals surface area (Å²) >= 11 is 0. The predicted octanol–water partition coefficient (Wildman–Crippen LogP) is 1.15. The Labute approximate surface area is 117 Å². The highest BCUT2D eigenvalue weighted by Crippen LogP contribution is 2.29. The second kappa shape index (κ2) is 5.54. The number of rotatable bonds is 3. The van der Waals surface area contributed by atoms with Gasteiger partial charge < -0.3 is 19.9 Å². The summed E-state index contributed by atoms with van der Waals surface area (Å²) in [6.07, 6.45) is 2.33. The minimum atomic E-state index is 0.179. The number of benzene rings is 1. The molecule has 0 radical (unpaired) electrons. The van der Waals surface area contributed by atoms with Crippen LogP contribution in [0, 0.1) is 0 Å². The molecule has 20 heavy (non-hydrogen) atoms. The van der Waals surface area contributed by atoms with Crippen molar-refractivity contribution in [1.82, 2.24) is 15.2 Å². The van der Waals surface area contributed by atoms with Crippen LogP contribution in [0.3, 0.4) is 0 Å². The second-order valence-corrected chi connectivity index (χ2v) is 5.00. The van der Waals surface area contributed by atoms with E-state index in [9.17, 15) is 4.79 Å². The summed E-state index contributed by atoms with van der Waals surface area (Å²) in [5.41, 5.74) is 2.01. The zero-order valence-corrected chi connectivity index (χ0v) is 11.6. The smallest absolute Gasteiger partial charge is 0.227 e. The summed E-state index contributed by atoms with van der Waals surface area (Å²) in [5.74, 6) is 0.991. The van der Waals surface area contributed by atoms with Crippen molar-refractivity contribution in [2.75, 3.05) is 33.3 Å². The molecule has 1 saturated heterocycles. The van der Waals surface area contributed by atoms with E-state index in [2.05, 4.69) is 10.3 Å². The van der Waals surface area contributed by atoms with Gasteiger partial charge in [-0.15, -0.1) is 0 Å². The molecule has 106 valence electrons. The van der Waals surface area contributed by atoms with Crippen LogP contribution in [0.25, 0.3) is 10.9 Å². The molecule has 0 saturated carbocycles. The number of hydrogen-bond donors (Lipinski definition) is 2. The molecule has 1 aliphatic heterocycles. The molecule has 0 unspecified atom stereocenters. The summed E-state index contributed by atoms with van der Waals surface area (Å²) in [6.45, 7) is 3.34. The molecular formula is C15H19N3O2. The van der Waals surface area contributed by atoms with Crippen molar-refractivity contribution in [3.8, 4) is 5.75 Å². The highest BCUT2D eigenvalue weighted by molar-refractivity contribution is 5.93. The number of piperazine rings is 1. The van der Waals surface area contributed by atoms with Crippen LogP contribution < -0.4 is 10.1 Å². The maximum Gasteiger partial charge on any atom is 0.227 e. The summed E-state index contributed by atoms with van der Waals surface area (Å²) in [6, 6.07) is 5.87. The van der Waals surface area contributed by atoms with Crippen LogP contribution >= 0.6 is 0 Å². The molecule has 2 aromatic rings. The van der Waals surface area contributed by atoms with Gasteiger partial charge in [-0.05, 0) is 17.7 Å². The molecule has 1 fully saturated rings. The van der Waals surface area contributed by atoms with Gasteiger partial charge in [-0.25, -0.2) is 0 Å². The zero-order valence-electron chi connectivity index (χ0n) is 11.6. The monoisotopic (exact) mass is 273 g/mol. The summed E-state index contributed by atoms with van der Waals surface area (Å²) < 4.78 is 5.40. The molecule has 0 atom stereocenters. The Morgan fingerprint density at radius 3 is 2.90 bits per heavy atom. The minimum absolute atomic E-state index is 0.179. The minimum Gasteiger partial charge on any atom is -0.496 e. The summed E-state index contributed by atoms with van der Waals surface area (Å²) in [7, 11) is 1.66. The molecule has 2 N–H and O–H groups in total. The molecule has 1 amide bonds. The van der Waals surface area contributed by atoms with Crippen LogP contribution in [-0.2, 0) is 11.2 Å². The molecule has 1 aromatic heterocycles. The summed E-state index contributed by atoms with van der Waals surface area (Å²) in [5, 5.41) is 4.27. The molecular weight excluding hydrogens is 254 g/mol. The van der Waals surface area contributed by atoms with Gasteiger partial charge in [0, 0.05) is 43.3 Å². The van der Waals surface area contributed by atoms with Gasteiger partial charge in [0.15, 0.2) is 0 Å². The van der Waals surface area contributed by atoms with E-state index in [-0.39, 0.29) is 5.91 Å². The predicted molar refractivity (Wildman–Crippen MR) is 78.0 cm³/mol. The number of amides is 1. The number of carbonyl (C=O) groups excluding carboxylic acids is 1. The number of fused-ring (bicyclic) bond motifs is 1. The van der Waals surface area contributed by atoms with Gasteiger partial charge in [0.25, 0.3) is 0 Å². The van der Waals surface area contributed by atoms with Crippen molar-refractivity contribution in [2.24, 2.45) is 0 Å². The average molecular weight is 273 g/mol. The van der Waals surface area contributed by atoms with E-state index in [1.807, 2.05) is 29.3 Å². The van der Waals surface area contributed by atoms with E-state index >= 15 is 0 Å². The molecule has 1 aliphatic rings. The van der Waals surface area contributed by atoms with E-state index < -0.39 is 0 Å². The number of carbonyl (C=O) groups is 1. The lowest BCUT2D eigenvalue weighted by Gasteiger charge is -2.27. The van der Waals surface area contributed by atoms with Crippen LogP contribution in [0.2, 0.25) is 0 Å². The standard InChI is InChI=1S/C15H19N3O2/c1-20-13-4-2-3-12-15(13)11(10-17-12)9-14(19)18-7-5-16-6-8-18/h2-4,10,16-17H,5-9H2,1H3. The van der Waals surface area contributed by atoms with Crippen molar-refractivity contribution in [2.45, 2.75) is 6.42 Å². The van der Waals surface area contributed by atoms with E-state index in [0.29, 0.717) is 6.42 Å². The van der Waals surface area contributed by atoms with E-state index in [1.54, 1.807) is 7.11 Å². The molecule has 0 bridgehead atoms. The number of H-pyrrole nitrogens is 1. The molecule has 1 aromatic carbocycles. The summed E-state index contributed by atoms with van der Waals surface area (Å²) in [4.78, 5) is 17.5. The highest BCUT2D eigenvalue weighted by atomic mass is 16.5. The number of ether oxygens (including phenoxy) is 1. The zero-order chi connectivity index (χ0) is 13.9. The number of aromatic amines is 1. The number of nitrogens with one attached hydrogen (secondary N) is 2. The SMILES string of the molecule is COc1cccc2[nH]cc(CC(=O)N3CCNCC3)c12. The molecule has 0 aliphatic carbocycles. The maximum atomic E-state index is 12.4. The quantitative estimate of drug-likeness (QED) is 0.882. The average Bonchev–Trinajstić information content (AvgIpc) is 2.91. The van der Waals surface area contributed by atoms with Gasteiger partial charge in [0.1, 0.15) is 5.75 Å². The van der Waals surface area contributed by atoms with Crippen LogP contribution in [0.15, 0.2) is 24.4 Å². The topological polar surface area (TPSA) is 57.4 Å². The first kappa shape index (κ1) is 13.0. The van der Waals surface area contributed by atoms with Crippen molar-refractivity contribution < 1.29 is 9.53 Å². The van der Waals surface area contributed by atoms with Crippen molar-refractivity contribution >= 4 is 16.8 Å². The van der Waals surface area contributed by atoms with Crippen molar-refractivity contribution in [1.29, 1.82) is 0 Å². The van der Waals surface area contributed by atoms with E-state index in [0.717, 1.165) is 48.4 Å². The van der Waals surface area contributed by atoms with Crippen LogP contribution in [-0.4, -0.2) is 49.1 Å². The molecule has 5 heteroatoms. The number of hydrogen-bond acceptors (Lipinski definition) is 3. The first-order valence-electron chi connectivity index (χ1n) is 6.91. The van der Waals surface area contributed by atoms with Crippen molar-refractivity contribution in [3.63, 3.8) is 0 Å². The van der Waals surface area contributed by atoms with Gasteiger partial charge in [0.05, 0.1) is 13.5 Å². The Balaban J connectivity index is 1.85. The lowest BCUT2D eigenvalue weighted by molar-refractivity contribution is -0.131. The van der Waals surface area contributed by atoms with E-state index in [4.69, 9.17) is 4.74 Å². The normalized spacial score (nSPS) is 15.6. The third kappa shape index (κ3) is 2.36. The highest BCUT2D eigenvalue weighted by Gasteiger charge is 2.19. The maximum absolute atomic E-state index is 12.4. The fourth-order valence-corrected chi connectivity index (χ4v) is 2.72. The number of nitrogens with zero attached hydrogens (tertiary/aromatic N) is 1. The number of methoxy groups -OCH3 is 1. The van der Waals surface area contributed by atoms with Gasteiger partial charge in [-0.1, -0.05) is 6.07 Å². The Kier molecular flexibility index (Phi) is 3.60. The lowest BCUT2D eigenvalue weighted by Crippen LogP contribution is -2.46. The molecule has 3 rings (SSSR count). The van der Waals surface area contributed by atoms with Crippen molar-refractivity contribution in [3.05, 3.63) is 30.0 Å². The van der Waals surface area contributed by atoms with E-state index in [1.165, 1.54) is 0 Å². The fourth-order valence-electron chi connectivity index (χ4n) is 2.72. The lowest BCUT2D eigenvalue weighted by atomic mass is 10.1. The van der Waals surface area contributed by atoms with Crippen LogP contribution in [0.4, 0.5) is 0 Å². The van der Waals surface area contributed by atoms with Gasteiger partial charge >= 0.3 is 0 Å². The fraction of sp³-hybridized carbons (Fsp3) is 0.400. The van der Waals surface area contributed by atoms with Gasteiger partial charge in [0.2, 0.25) is 5.91 Å². The first-order chi connectivity index (χ1) is 9.79. The van der Waals surface area contributed by atoms with Gasteiger partial charge in [-0.2, -0.15) is 0 Å². The van der Waals surface area contributed by atoms with Gasteiger partial charge in [-0.3, -0.25) is 4.79 Å². The Morgan fingerprint density at radius 2 is 2.15 bits per heavy atom. The Bertz CT molecular complexity index is 615. The number of aromatic nitrogens is 1. The molecule has 0 spiro atoms. The molecule has 2 heterocycles. The van der Waals surface area contributed by atoms with Crippen LogP contribution in [0.1, 0.15) is 5.56 Å². The van der Waals surface area contributed by atoms with Crippen LogP contribution in [0.5, 0.6) is 5.75 Å². The largest absolute Gasteiger partial charge is 0.496 e. The first-order valence-corrected chi connectivity index (χ1v) is 6.91. The third-order valence-corrected chi connectivity index (χ3v) is 3.78. The second-order valence-electron chi connectivity index (χ2n) is 5.00. The third-order valence-electron chi connectivity index (χ3n) is 3.78. The molecule has 5 nitrogen and oxygen atoms in total.